The average Bonchev–Trinajstić information content (AvgIpc) is 1.88. The molecule has 1 heterocycles. The summed E-state index contributed by atoms with van der Waals surface area (Å²) in [7, 11) is 0. The van der Waals surface area contributed by atoms with Gasteiger partial charge in [0.25, 0.3) is 0 Å². The summed E-state index contributed by atoms with van der Waals surface area (Å²) in [6, 6.07) is 1.96. The third-order valence-corrected chi connectivity index (χ3v) is 1.46. The second kappa shape index (κ2) is 5.02. The van der Waals surface area contributed by atoms with E-state index in [-0.39, 0.29) is 7.43 Å². The van der Waals surface area contributed by atoms with Crippen LogP contribution in [0.5, 0.6) is 0 Å². The Kier molecular flexibility index (Phi) is 4.70. The monoisotopic (exact) mass is 170 g/mol. The van der Waals surface area contributed by atoms with Gasteiger partial charge in [0.15, 0.2) is 4.77 Å². The minimum Gasteiger partial charge on any atom is -0.335 e. The number of aromatic nitrogens is 2. The average molecular weight is 170 g/mol. The van der Waals surface area contributed by atoms with Crippen molar-refractivity contribution in [3.05, 3.63) is 22.7 Å². The number of aromatic amines is 1. The Morgan fingerprint density at radius 1 is 1.64 bits per heavy atom. The Labute approximate surface area is 72.7 Å². The van der Waals surface area contributed by atoms with Crippen LogP contribution in [-0.2, 0) is 6.42 Å². The van der Waals surface area contributed by atoms with Crippen LogP contribution in [0.4, 0.5) is 0 Å². The molecule has 1 rings (SSSR count). The molecule has 0 aliphatic rings. The second-order valence-corrected chi connectivity index (χ2v) is 2.54. The largest absolute Gasteiger partial charge is 0.335 e. The molecule has 0 amide bonds. The van der Waals surface area contributed by atoms with Crippen molar-refractivity contribution in [3.63, 3.8) is 0 Å². The van der Waals surface area contributed by atoms with E-state index in [1.54, 1.807) is 6.20 Å². The van der Waals surface area contributed by atoms with Crippen molar-refractivity contribution < 1.29 is 0 Å². The van der Waals surface area contributed by atoms with E-state index in [0.29, 0.717) is 4.77 Å². The van der Waals surface area contributed by atoms with Gasteiger partial charge in [-0.3, -0.25) is 0 Å². The standard InChI is InChI=1S/C7H10N2S.CH4/c1-2-3-6-4-5-8-7(10)9-6;/h4-5H,2-3H2,1H3,(H,8,9,10);1H4. The topological polar surface area (TPSA) is 28.7 Å². The molecule has 0 atom stereocenters. The van der Waals surface area contributed by atoms with Crippen LogP contribution in [0.1, 0.15) is 26.5 Å². The predicted octanol–water partition coefficient (Wildman–Crippen LogP) is 2.73. The Bertz CT molecular complexity index is 254. The number of hydrogen-bond donors (Lipinski definition) is 1. The van der Waals surface area contributed by atoms with Gasteiger partial charge in [-0.05, 0) is 24.7 Å². The first-order valence-corrected chi connectivity index (χ1v) is 3.78. The lowest BCUT2D eigenvalue weighted by atomic mass is 10.2. The Morgan fingerprint density at radius 3 is 2.91 bits per heavy atom. The number of nitrogens with one attached hydrogen (secondary N) is 1. The fraction of sp³-hybridized carbons (Fsp3) is 0.500. The van der Waals surface area contributed by atoms with Crippen LogP contribution in [0.15, 0.2) is 12.3 Å². The first-order valence-electron chi connectivity index (χ1n) is 3.37. The molecule has 3 heteroatoms. The minimum atomic E-state index is 0. The van der Waals surface area contributed by atoms with Crippen molar-refractivity contribution in [2.45, 2.75) is 27.2 Å². The summed E-state index contributed by atoms with van der Waals surface area (Å²) in [6.07, 6.45) is 3.92. The van der Waals surface area contributed by atoms with Gasteiger partial charge >= 0.3 is 0 Å². The fourth-order valence-corrected chi connectivity index (χ4v) is 1.01. The summed E-state index contributed by atoms with van der Waals surface area (Å²) in [5.74, 6) is 0. The highest BCUT2D eigenvalue weighted by Gasteiger charge is 1.87. The van der Waals surface area contributed by atoms with E-state index < -0.39 is 0 Å². The van der Waals surface area contributed by atoms with E-state index in [4.69, 9.17) is 12.2 Å². The molecule has 11 heavy (non-hydrogen) atoms. The summed E-state index contributed by atoms with van der Waals surface area (Å²) in [6.45, 7) is 2.14. The molecule has 1 N–H and O–H groups in total. The molecule has 0 saturated heterocycles. The molecule has 0 radical (unpaired) electrons. The summed E-state index contributed by atoms with van der Waals surface area (Å²) in [4.78, 5) is 6.89. The molecule has 0 spiro atoms. The van der Waals surface area contributed by atoms with Crippen LogP contribution >= 0.6 is 12.2 Å². The molecule has 0 aliphatic heterocycles. The zero-order chi connectivity index (χ0) is 7.40. The van der Waals surface area contributed by atoms with Crippen LogP contribution in [0, 0.1) is 4.77 Å². The van der Waals surface area contributed by atoms with E-state index in [2.05, 4.69) is 16.9 Å². The smallest absolute Gasteiger partial charge is 0.196 e. The van der Waals surface area contributed by atoms with Crippen LogP contribution in [0.3, 0.4) is 0 Å². The Morgan fingerprint density at radius 2 is 2.36 bits per heavy atom. The number of nitrogens with zero attached hydrogens (tertiary/aromatic N) is 1. The summed E-state index contributed by atoms with van der Waals surface area (Å²) < 4.78 is 0.575. The lowest BCUT2D eigenvalue weighted by molar-refractivity contribution is 0.867. The second-order valence-electron chi connectivity index (χ2n) is 2.15. The van der Waals surface area contributed by atoms with E-state index >= 15 is 0 Å². The zero-order valence-electron chi connectivity index (χ0n) is 5.92. The molecular formula is C8H14N2S. The normalized spacial score (nSPS) is 8.82. The van der Waals surface area contributed by atoms with Crippen molar-refractivity contribution in [2.75, 3.05) is 0 Å². The summed E-state index contributed by atoms with van der Waals surface area (Å²) in [5.41, 5.74) is 1.17. The van der Waals surface area contributed by atoms with Crippen LogP contribution < -0.4 is 0 Å². The minimum absolute atomic E-state index is 0. The first kappa shape index (κ1) is 10.3. The molecule has 2 nitrogen and oxygen atoms in total. The van der Waals surface area contributed by atoms with Gasteiger partial charge in [0.05, 0.1) is 0 Å². The predicted molar refractivity (Wildman–Crippen MR) is 50.1 cm³/mol. The zero-order valence-corrected chi connectivity index (χ0v) is 6.74. The van der Waals surface area contributed by atoms with Crippen molar-refractivity contribution in [1.29, 1.82) is 0 Å². The SMILES string of the molecule is C.CCCc1ccnc(=S)[nH]1. The van der Waals surface area contributed by atoms with Crippen LogP contribution in [-0.4, -0.2) is 9.97 Å². The molecule has 1 aromatic rings. The van der Waals surface area contributed by atoms with Gasteiger partial charge in [-0.15, -0.1) is 0 Å². The molecular weight excluding hydrogens is 156 g/mol. The quantitative estimate of drug-likeness (QED) is 0.691. The number of aryl methyl sites for hydroxylation is 1. The van der Waals surface area contributed by atoms with Crippen LogP contribution in [0.25, 0.3) is 0 Å². The highest BCUT2D eigenvalue weighted by Crippen LogP contribution is 1.95. The van der Waals surface area contributed by atoms with E-state index in [1.165, 1.54) is 5.69 Å². The number of rotatable bonds is 2. The van der Waals surface area contributed by atoms with Gasteiger partial charge in [-0.1, -0.05) is 20.8 Å². The van der Waals surface area contributed by atoms with Crippen molar-refractivity contribution >= 4 is 12.2 Å². The van der Waals surface area contributed by atoms with Gasteiger partial charge in [-0.25, -0.2) is 4.98 Å². The van der Waals surface area contributed by atoms with E-state index in [1.807, 2.05) is 6.07 Å². The van der Waals surface area contributed by atoms with Gasteiger partial charge in [0, 0.05) is 11.9 Å². The molecule has 0 fully saturated rings. The summed E-state index contributed by atoms with van der Waals surface area (Å²) >= 11 is 4.85. The van der Waals surface area contributed by atoms with Gasteiger partial charge in [-0.2, -0.15) is 0 Å². The van der Waals surface area contributed by atoms with Crippen LogP contribution in [0.2, 0.25) is 0 Å². The van der Waals surface area contributed by atoms with E-state index in [9.17, 15) is 0 Å². The maximum atomic E-state index is 4.85. The Hall–Kier alpha value is -0.700. The molecule has 0 aromatic carbocycles. The number of H-pyrrole nitrogens is 1. The van der Waals surface area contributed by atoms with Gasteiger partial charge in [0.1, 0.15) is 0 Å². The fourth-order valence-electron chi connectivity index (χ4n) is 0.821. The molecule has 0 unspecified atom stereocenters. The van der Waals surface area contributed by atoms with E-state index in [0.717, 1.165) is 12.8 Å². The molecule has 0 aliphatic carbocycles. The maximum Gasteiger partial charge on any atom is 0.196 e. The summed E-state index contributed by atoms with van der Waals surface area (Å²) in [5, 5.41) is 0. The Balaban J connectivity index is 0.000001000. The lowest BCUT2D eigenvalue weighted by Crippen LogP contribution is -1.89. The molecule has 1 aromatic heterocycles. The molecule has 0 saturated carbocycles. The van der Waals surface area contributed by atoms with Crippen molar-refractivity contribution in [1.82, 2.24) is 9.97 Å². The van der Waals surface area contributed by atoms with Crippen molar-refractivity contribution in [3.8, 4) is 0 Å². The lowest BCUT2D eigenvalue weighted by Gasteiger charge is -1.95. The first-order chi connectivity index (χ1) is 4.83. The number of hydrogen-bond acceptors (Lipinski definition) is 2. The third-order valence-electron chi connectivity index (χ3n) is 1.25. The molecule has 0 bridgehead atoms. The molecule has 62 valence electrons. The highest BCUT2D eigenvalue weighted by molar-refractivity contribution is 7.71. The maximum absolute atomic E-state index is 4.85. The van der Waals surface area contributed by atoms with Crippen molar-refractivity contribution in [2.24, 2.45) is 0 Å². The van der Waals surface area contributed by atoms with Gasteiger partial charge < -0.3 is 4.98 Å². The van der Waals surface area contributed by atoms with Gasteiger partial charge in [0.2, 0.25) is 0 Å². The highest BCUT2D eigenvalue weighted by atomic mass is 32.1. The third kappa shape index (κ3) is 3.28.